The van der Waals surface area contributed by atoms with Crippen molar-refractivity contribution < 1.29 is 13.2 Å². The van der Waals surface area contributed by atoms with Crippen LogP contribution >= 0.6 is 11.6 Å². The maximum Gasteiger partial charge on any atom is 0.245 e. The molecule has 0 radical (unpaired) electrons. The van der Waals surface area contributed by atoms with E-state index < -0.39 is 10.0 Å². The summed E-state index contributed by atoms with van der Waals surface area (Å²) in [6.07, 6.45) is 1.84. The topological polar surface area (TPSA) is 66.5 Å². The third-order valence-corrected chi connectivity index (χ3v) is 5.88. The molecular formula is C16H21ClN2O3S. The van der Waals surface area contributed by atoms with Crippen molar-refractivity contribution in [3.8, 4) is 0 Å². The summed E-state index contributed by atoms with van der Waals surface area (Å²) in [6.45, 7) is 8.37. The maximum atomic E-state index is 12.5. The van der Waals surface area contributed by atoms with Crippen molar-refractivity contribution in [1.29, 1.82) is 0 Å². The van der Waals surface area contributed by atoms with E-state index >= 15 is 0 Å². The Morgan fingerprint density at radius 1 is 1.39 bits per heavy atom. The van der Waals surface area contributed by atoms with Gasteiger partial charge in [0.05, 0.1) is 4.90 Å². The predicted molar refractivity (Wildman–Crippen MR) is 90.7 cm³/mol. The molecule has 1 heterocycles. The quantitative estimate of drug-likeness (QED) is 0.842. The number of hydrogen-bond acceptors (Lipinski definition) is 3. The van der Waals surface area contributed by atoms with Gasteiger partial charge in [-0.05, 0) is 42.2 Å². The molecule has 1 amide bonds. The number of carbonyl (C=O) groups excluding carboxylic acids is 1. The first-order chi connectivity index (χ1) is 10.7. The lowest BCUT2D eigenvalue weighted by Gasteiger charge is -2.44. The van der Waals surface area contributed by atoms with Crippen molar-refractivity contribution in [2.24, 2.45) is 5.41 Å². The zero-order chi connectivity index (χ0) is 17.3. The van der Waals surface area contributed by atoms with Gasteiger partial charge in [-0.1, -0.05) is 32.0 Å². The number of nitrogens with zero attached hydrogens (tertiary/aromatic N) is 1. The maximum absolute atomic E-state index is 12.5. The van der Waals surface area contributed by atoms with Crippen LogP contribution < -0.4 is 4.72 Å². The molecule has 23 heavy (non-hydrogen) atoms. The molecule has 1 unspecified atom stereocenters. The monoisotopic (exact) mass is 356 g/mol. The predicted octanol–water partition coefficient (Wildman–Crippen LogP) is 2.43. The van der Waals surface area contributed by atoms with E-state index in [0.29, 0.717) is 24.5 Å². The van der Waals surface area contributed by atoms with E-state index in [9.17, 15) is 13.2 Å². The van der Waals surface area contributed by atoms with Gasteiger partial charge in [-0.3, -0.25) is 4.79 Å². The van der Waals surface area contributed by atoms with E-state index in [0.717, 1.165) is 0 Å². The lowest BCUT2D eigenvalue weighted by Crippen LogP contribution is -2.56. The lowest BCUT2D eigenvalue weighted by atomic mass is 9.79. The highest BCUT2D eigenvalue weighted by molar-refractivity contribution is 7.89. The number of rotatable bonds is 4. The molecule has 1 aromatic carbocycles. The summed E-state index contributed by atoms with van der Waals surface area (Å²) < 4.78 is 27.8. The number of nitrogens with one attached hydrogen (secondary N) is 1. The largest absolute Gasteiger partial charge is 0.339 e. The average molecular weight is 357 g/mol. The number of amides is 1. The summed E-state index contributed by atoms with van der Waals surface area (Å²) in [5.41, 5.74) is -0.379. The third kappa shape index (κ3) is 4.13. The fourth-order valence-electron chi connectivity index (χ4n) is 2.76. The fraction of sp³-hybridized carbons (Fsp3) is 0.438. The molecule has 1 saturated heterocycles. The van der Waals surface area contributed by atoms with Gasteiger partial charge in [0, 0.05) is 24.2 Å². The second-order valence-corrected chi connectivity index (χ2v) is 8.52. The number of benzene rings is 1. The number of halogens is 1. The van der Waals surface area contributed by atoms with Crippen LogP contribution in [0.1, 0.15) is 20.3 Å². The summed E-state index contributed by atoms with van der Waals surface area (Å²) in [5, 5.41) is 0.487. The molecule has 0 spiro atoms. The molecule has 1 N–H and O–H groups in total. The smallest absolute Gasteiger partial charge is 0.245 e. The molecule has 1 aliphatic rings. The molecular weight excluding hydrogens is 336 g/mol. The second-order valence-electron chi connectivity index (χ2n) is 6.37. The zero-order valence-electron chi connectivity index (χ0n) is 13.3. The minimum absolute atomic E-state index is 0.128. The Hall–Kier alpha value is -1.37. The molecule has 1 atom stereocenters. The second kappa shape index (κ2) is 6.63. The first-order valence-corrected chi connectivity index (χ1v) is 9.21. The number of sulfonamides is 1. The van der Waals surface area contributed by atoms with Gasteiger partial charge in [0.1, 0.15) is 0 Å². The fourth-order valence-corrected chi connectivity index (χ4v) is 4.33. The number of carbonyl (C=O) groups is 1. The highest BCUT2D eigenvalue weighted by Crippen LogP contribution is 2.30. The molecule has 7 heteroatoms. The first kappa shape index (κ1) is 18.0. The van der Waals surface area contributed by atoms with Gasteiger partial charge in [-0.25, -0.2) is 13.1 Å². The normalized spacial score (nSPS) is 21.0. The van der Waals surface area contributed by atoms with Crippen LogP contribution in [0.4, 0.5) is 0 Å². The SMILES string of the molecule is C=CC(=O)N1CCC(NS(=O)(=O)c2ccc(Cl)cc2)C(C)(C)C1. The molecule has 1 fully saturated rings. The Kier molecular flexibility index (Phi) is 5.18. The van der Waals surface area contributed by atoms with Crippen molar-refractivity contribution in [3.63, 3.8) is 0 Å². The lowest BCUT2D eigenvalue weighted by molar-refractivity contribution is -0.129. The van der Waals surface area contributed by atoms with E-state index in [-0.39, 0.29) is 22.3 Å². The van der Waals surface area contributed by atoms with Crippen molar-refractivity contribution in [3.05, 3.63) is 41.9 Å². The molecule has 1 aliphatic heterocycles. The van der Waals surface area contributed by atoms with Crippen LogP contribution in [0, 0.1) is 5.41 Å². The van der Waals surface area contributed by atoms with Gasteiger partial charge in [0.25, 0.3) is 0 Å². The summed E-state index contributed by atoms with van der Waals surface area (Å²) in [6, 6.07) is 5.80. The summed E-state index contributed by atoms with van der Waals surface area (Å²) in [7, 11) is -3.62. The minimum atomic E-state index is -3.62. The summed E-state index contributed by atoms with van der Waals surface area (Å²) in [5.74, 6) is -0.128. The first-order valence-electron chi connectivity index (χ1n) is 7.35. The highest BCUT2D eigenvalue weighted by Gasteiger charge is 2.39. The Balaban J connectivity index is 2.15. The Morgan fingerprint density at radius 3 is 2.52 bits per heavy atom. The minimum Gasteiger partial charge on any atom is -0.339 e. The van der Waals surface area contributed by atoms with Gasteiger partial charge in [0.15, 0.2) is 0 Å². The number of likely N-dealkylation sites (tertiary alicyclic amines) is 1. The van der Waals surface area contributed by atoms with Gasteiger partial charge in [0.2, 0.25) is 15.9 Å². The molecule has 1 aromatic rings. The Morgan fingerprint density at radius 2 is 2.00 bits per heavy atom. The van der Waals surface area contributed by atoms with Crippen LogP contribution in [-0.2, 0) is 14.8 Å². The van der Waals surface area contributed by atoms with Gasteiger partial charge in [-0.2, -0.15) is 0 Å². The van der Waals surface area contributed by atoms with E-state index in [1.807, 2.05) is 13.8 Å². The van der Waals surface area contributed by atoms with Crippen molar-refractivity contribution in [1.82, 2.24) is 9.62 Å². The van der Waals surface area contributed by atoms with Gasteiger partial charge >= 0.3 is 0 Å². The van der Waals surface area contributed by atoms with Crippen LogP contribution in [0.3, 0.4) is 0 Å². The van der Waals surface area contributed by atoms with Gasteiger partial charge < -0.3 is 4.90 Å². The molecule has 5 nitrogen and oxygen atoms in total. The van der Waals surface area contributed by atoms with Crippen molar-refractivity contribution in [2.45, 2.75) is 31.2 Å². The standard InChI is InChI=1S/C16H21ClN2O3S/c1-4-15(20)19-10-9-14(16(2,3)11-19)18-23(21,22)13-7-5-12(17)6-8-13/h4-8,14,18H,1,9-11H2,2-3H3. The van der Waals surface area contributed by atoms with Crippen LogP contribution in [0.25, 0.3) is 0 Å². The van der Waals surface area contributed by atoms with Crippen molar-refractivity contribution >= 4 is 27.5 Å². The highest BCUT2D eigenvalue weighted by atomic mass is 35.5. The van der Waals surface area contributed by atoms with Crippen LogP contribution in [0.5, 0.6) is 0 Å². The molecule has 2 rings (SSSR count). The van der Waals surface area contributed by atoms with E-state index in [1.165, 1.54) is 18.2 Å². The Labute approximate surface area is 142 Å². The van der Waals surface area contributed by atoms with Crippen LogP contribution in [0.2, 0.25) is 5.02 Å². The van der Waals surface area contributed by atoms with Crippen LogP contribution in [-0.4, -0.2) is 38.4 Å². The summed E-state index contributed by atoms with van der Waals surface area (Å²) in [4.78, 5) is 13.6. The Bertz CT molecular complexity index is 699. The molecule has 0 bridgehead atoms. The van der Waals surface area contributed by atoms with Gasteiger partial charge in [-0.15, -0.1) is 0 Å². The average Bonchev–Trinajstić information content (AvgIpc) is 2.48. The van der Waals surface area contributed by atoms with Crippen LogP contribution in [0.15, 0.2) is 41.8 Å². The number of piperidine rings is 1. The number of hydrogen-bond donors (Lipinski definition) is 1. The summed E-state index contributed by atoms with van der Waals surface area (Å²) >= 11 is 5.80. The zero-order valence-corrected chi connectivity index (χ0v) is 14.8. The van der Waals surface area contributed by atoms with E-state index in [1.54, 1.807) is 17.0 Å². The van der Waals surface area contributed by atoms with E-state index in [4.69, 9.17) is 11.6 Å². The molecule has 0 aromatic heterocycles. The third-order valence-electron chi connectivity index (χ3n) is 4.14. The van der Waals surface area contributed by atoms with E-state index in [2.05, 4.69) is 11.3 Å². The van der Waals surface area contributed by atoms with Crippen molar-refractivity contribution in [2.75, 3.05) is 13.1 Å². The molecule has 0 aliphatic carbocycles. The molecule has 0 saturated carbocycles. The molecule has 126 valence electrons.